The summed E-state index contributed by atoms with van der Waals surface area (Å²) in [5, 5.41) is 15.7. The number of nitrogens with one attached hydrogen (secondary N) is 2. The fourth-order valence-electron chi connectivity index (χ4n) is 1.34. The third-order valence-electron chi connectivity index (χ3n) is 2.09. The van der Waals surface area contributed by atoms with Gasteiger partial charge in [0.05, 0.1) is 6.42 Å². The van der Waals surface area contributed by atoms with E-state index in [4.69, 9.17) is 5.11 Å². The lowest BCUT2D eigenvalue weighted by atomic mass is 10.2. The molecule has 1 aromatic rings. The molecule has 1 atom stereocenters. The van der Waals surface area contributed by atoms with Crippen LogP contribution in [0.4, 0.5) is 4.79 Å². The molecule has 1 aromatic heterocycles. The van der Waals surface area contributed by atoms with E-state index in [2.05, 4.69) is 10.6 Å². The molecule has 1 heterocycles. The van der Waals surface area contributed by atoms with E-state index >= 15 is 0 Å². The maximum absolute atomic E-state index is 11.4. The normalized spacial score (nSPS) is 11.8. The molecule has 1 rings (SSSR count). The van der Waals surface area contributed by atoms with Gasteiger partial charge in [-0.15, -0.1) is 11.3 Å². The molecule has 6 heteroatoms. The molecular formula is C11H16N2O3S. The van der Waals surface area contributed by atoms with E-state index in [1.165, 1.54) is 4.88 Å². The fraction of sp³-hybridized carbons (Fsp3) is 0.455. The minimum atomic E-state index is -0.920. The summed E-state index contributed by atoms with van der Waals surface area (Å²) in [7, 11) is 0. The molecule has 5 nitrogen and oxygen atoms in total. The molecule has 0 fully saturated rings. The highest BCUT2D eigenvalue weighted by Gasteiger charge is 2.08. The average Bonchev–Trinajstić information content (AvgIpc) is 2.69. The van der Waals surface area contributed by atoms with E-state index in [0.717, 1.165) is 6.42 Å². The van der Waals surface area contributed by atoms with Gasteiger partial charge in [0, 0.05) is 23.9 Å². The number of thiophene rings is 1. The molecule has 1 unspecified atom stereocenters. The van der Waals surface area contributed by atoms with Crippen LogP contribution in [0.1, 0.15) is 18.2 Å². The minimum Gasteiger partial charge on any atom is -0.481 e. The third-order valence-corrected chi connectivity index (χ3v) is 2.99. The number of carbonyl (C=O) groups excluding carboxylic acids is 1. The Balaban J connectivity index is 2.19. The Morgan fingerprint density at radius 3 is 2.88 bits per heavy atom. The van der Waals surface area contributed by atoms with E-state index in [1.807, 2.05) is 24.4 Å². The lowest BCUT2D eigenvalue weighted by Crippen LogP contribution is -2.42. The molecule has 0 saturated carbocycles. The number of carboxylic acid groups (broad SMARTS) is 1. The van der Waals surface area contributed by atoms with Crippen molar-refractivity contribution in [3.63, 3.8) is 0 Å². The predicted molar refractivity (Wildman–Crippen MR) is 66.3 cm³/mol. The highest BCUT2D eigenvalue weighted by molar-refractivity contribution is 7.09. The monoisotopic (exact) mass is 256 g/mol. The van der Waals surface area contributed by atoms with Gasteiger partial charge in [-0.1, -0.05) is 6.07 Å². The number of hydrogen-bond donors (Lipinski definition) is 3. The van der Waals surface area contributed by atoms with Gasteiger partial charge in [-0.25, -0.2) is 4.79 Å². The summed E-state index contributed by atoms with van der Waals surface area (Å²) in [6, 6.07) is 3.69. The van der Waals surface area contributed by atoms with E-state index < -0.39 is 5.97 Å². The number of hydrogen-bond acceptors (Lipinski definition) is 3. The van der Waals surface area contributed by atoms with Gasteiger partial charge in [0.1, 0.15) is 0 Å². The Morgan fingerprint density at radius 2 is 2.29 bits per heavy atom. The van der Waals surface area contributed by atoms with Crippen molar-refractivity contribution >= 4 is 23.3 Å². The molecule has 0 radical (unpaired) electrons. The zero-order chi connectivity index (χ0) is 12.7. The van der Waals surface area contributed by atoms with Crippen LogP contribution in [0.2, 0.25) is 0 Å². The number of carbonyl (C=O) groups is 2. The summed E-state index contributed by atoms with van der Waals surface area (Å²) >= 11 is 1.65. The quantitative estimate of drug-likeness (QED) is 0.721. The number of aliphatic carboxylic acids is 1. The maximum Gasteiger partial charge on any atom is 0.315 e. The molecule has 94 valence electrons. The molecule has 0 aliphatic carbocycles. The first-order valence-corrected chi connectivity index (χ1v) is 6.24. The summed E-state index contributed by atoms with van der Waals surface area (Å²) in [6.07, 6.45) is 0.719. The third kappa shape index (κ3) is 5.91. The molecule has 0 aliphatic rings. The molecule has 0 aliphatic heterocycles. The van der Waals surface area contributed by atoms with Gasteiger partial charge >= 0.3 is 12.0 Å². The summed E-state index contributed by atoms with van der Waals surface area (Å²) in [4.78, 5) is 22.8. The second-order valence-electron chi connectivity index (χ2n) is 3.73. The van der Waals surface area contributed by atoms with Crippen molar-refractivity contribution in [1.82, 2.24) is 10.6 Å². The topological polar surface area (TPSA) is 78.4 Å². The first kappa shape index (κ1) is 13.5. The van der Waals surface area contributed by atoms with Crippen molar-refractivity contribution in [1.29, 1.82) is 0 Å². The zero-order valence-corrected chi connectivity index (χ0v) is 10.4. The second kappa shape index (κ2) is 6.90. The van der Waals surface area contributed by atoms with Crippen molar-refractivity contribution in [3.8, 4) is 0 Å². The SMILES string of the molecule is CC(Cc1cccs1)NC(=O)NCCC(=O)O. The van der Waals surface area contributed by atoms with Crippen LogP contribution in [0.3, 0.4) is 0 Å². The molecule has 0 bridgehead atoms. The standard InChI is InChI=1S/C11H16N2O3S/c1-8(7-9-3-2-6-17-9)13-11(16)12-5-4-10(14)15/h2-3,6,8H,4-5,7H2,1H3,(H,14,15)(H2,12,13,16). The van der Waals surface area contributed by atoms with Gasteiger partial charge in [-0.05, 0) is 18.4 Å². The van der Waals surface area contributed by atoms with Gasteiger partial charge in [0.25, 0.3) is 0 Å². The first-order valence-electron chi connectivity index (χ1n) is 5.36. The average molecular weight is 256 g/mol. The number of carboxylic acids is 1. The van der Waals surface area contributed by atoms with Crippen LogP contribution < -0.4 is 10.6 Å². The van der Waals surface area contributed by atoms with Crippen LogP contribution >= 0.6 is 11.3 Å². The van der Waals surface area contributed by atoms with Crippen molar-refractivity contribution < 1.29 is 14.7 Å². The molecule has 2 amide bonds. The van der Waals surface area contributed by atoms with Gasteiger partial charge in [0.15, 0.2) is 0 Å². The molecule has 0 aromatic carbocycles. The van der Waals surface area contributed by atoms with Crippen LogP contribution in [0.15, 0.2) is 17.5 Å². The summed E-state index contributed by atoms with van der Waals surface area (Å²) < 4.78 is 0. The second-order valence-corrected chi connectivity index (χ2v) is 4.76. The van der Waals surface area contributed by atoms with Crippen molar-refractivity contribution in [2.45, 2.75) is 25.8 Å². The number of amides is 2. The van der Waals surface area contributed by atoms with E-state index in [1.54, 1.807) is 11.3 Å². The largest absolute Gasteiger partial charge is 0.481 e. The van der Waals surface area contributed by atoms with Crippen molar-refractivity contribution in [2.24, 2.45) is 0 Å². The summed E-state index contributed by atoms with van der Waals surface area (Å²) in [5.74, 6) is -0.920. The molecule has 17 heavy (non-hydrogen) atoms. The molecule has 0 spiro atoms. The molecule has 0 saturated heterocycles. The fourth-order valence-corrected chi connectivity index (χ4v) is 2.17. The zero-order valence-electron chi connectivity index (χ0n) is 9.60. The molecular weight excluding hydrogens is 240 g/mol. The Morgan fingerprint density at radius 1 is 1.53 bits per heavy atom. The van der Waals surface area contributed by atoms with Gasteiger partial charge in [0.2, 0.25) is 0 Å². The Hall–Kier alpha value is -1.56. The number of rotatable bonds is 6. The molecule has 3 N–H and O–H groups in total. The summed E-state index contributed by atoms with van der Waals surface area (Å²) in [6.45, 7) is 2.06. The van der Waals surface area contributed by atoms with E-state index in [-0.39, 0.29) is 25.0 Å². The van der Waals surface area contributed by atoms with Crippen LogP contribution in [-0.4, -0.2) is 29.7 Å². The Bertz CT molecular complexity index is 365. The Labute approximate surface area is 104 Å². The smallest absolute Gasteiger partial charge is 0.315 e. The van der Waals surface area contributed by atoms with Crippen LogP contribution in [0.25, 0.3) is 0 Å². The van der Waals surface area contributed by atoms with Crippen LogP contribution in [0, 0.1) is 0 Å². The van der Waals surface area contributed by atoms with E-state index in [9.17, 15) is 9.59 Å². The van der Waals surface area contributed by atoms with Gasteiger partial charge in [-0.3, -0.25) is 4.79 Å². The maximum atomic E-state index is 11.4. The summed E-state index contributed by atoms with van der Waals surface area (Å²) in [5.41, 5.74) is 0. The van der Waals surface area contributed by atoms with Crippen molar-refractivity contribution in [2.75, 3.05) is 6.54 Å². The Kier molecular flexibility index (Phi) is 5.48. The predicted octanol–water partition coefficient (Wildman–Crippen LogP) is 1.45. The minimum absolute atomic E-state index is 0.0264. The van der Waals surface area contributed by atoms with Crippen LogP contribution in [-0.2, 0) is 11.2 Å². The van der Waals surface area contributed by atoms with Crippen molar-refractivity contribution in [3.05, 3.63) is 22.4 Å². The van der Waals surface area contributed by atoms with Crippen LogP contribution in [0.5, 0.6) is 0 Å². The number of urea groups is 1. The lowest BCUT2D eigenvalue weighted by Gasteiger charge is -2.13. The van der Waals surface area contributed by atoms with E-state index in [0.29, 0.717) is 0 Å². The lowest BCUT2D eigenvalue weighted by molar-refractivity contribution is -0.136. The first-order chi connectivity index (χ1) is 8.08. The van der Waals surface area contributed by atoms with Gasteiger partial charge < -0.3 is 15.7 Å². The van der Waals surface area contributed by atoms with Gasteiger partial charge in [-0.2, -0.15) is 0 Å². The highest BCUT2D eigenvalue weighted by atomic mass is 32.1. The highest BCUT2D eigenvalue weighted by Crippen LogP contribution is 2.10.